The fourth-order valence-corrected chi connectivity index (χ4v) is 3.94. The number of nitrogens with zero attached hydrogens (tertiary/aromatic N) is 1. The van der Waals surface area contributed by atoms with Crippen molar-refractivity contribution < 1.29 is 23.9 Å². The number of rotatable bonds is 4. The van der Waals surface area contributed by atoms with Gasteiger partial charge in [-0.3, -0.25) is 15.0 Å². The van der Waals surface area contributed by atoms with Crippen molar-refractivity contribution in [2.45, 2.75) is 37.6 Å². The highest BCUT2D eigenvalue weighted by Crippen LogP contribution is 2.32. The van der Waals surface area contributed by atoms with E-state index in [-0.39, 0.29) is 4.88 Å². The summed E-state index contributed by atoms with van der Waals surface area (Å²) in [6, 6.07) is 2.36. The van der Waals surface area contributed by atoms with E-state index in [0.29, 0.717) is 22.2 Å². The van der Waals surface area contributed by atoms with E-state index in [2.05, 4.69) is 10.7 Å². The van der Waals surface area contributed by atoms with Gasteiger partial charge < -0.3 is 10.1 Å². The number of carbonyl (C=O) groups is 4. The molecule has 0 bridgehead atoms. The third-order valence-electron chi connectivity index (χ3n) is 4.21. The molecule has 1 saturated heterocycles. The number of halogens is 1. The number of hydrogen-bond acceptors (Lipinski definition) is 6. The molecule has 1 spiro atoms. The molecule has 1 aromatic heterocycles. The molecule has 2 aliphatic rings. The Morgan fingerprint density at radius 1 is 1.28 bits per heavy atom. The Kier molecular flexibility index (Phi) is 4.96. The van der Waals surface area contributed by atoms with E-state index in [1.165, 1.54) is 6.07 Å². The van der Waals surface area contributed by atoms with E-state index in [1.54, 1.807) is 6.07 Å². The first-order valence-electron chi connectivity index (χ1n) is 7.80. The highest BCUT2D eigenvalue weighted by Gasteiger charge is 2.52. The molecule has 0 radical (unpaired) electrons. The monoisotopic (exact) mass is 385 g/mol. The largest absolute Gasteiger partial charge is 0.451 e. The van der Waals surface area contributed by atoms with Crippen LogP contribution in [0.2, 0.25) is 4.34 Å². The normalized spacial score (nSPS) is 19.0. The summed E-state index contributed by atoms with van der Waals surface area (Å²) in [7, 11) is 0. The summed E-state index contributed by atoms with van der Waals surface area (Å²) < 4.78 is 5.28. The number of ether oxygens (including phenoxy) is 1. The molecule has 0 aromatic carbocycles. The summed E-state index contributed by atoms with van der Waals surface area (Å²) in [4.78, 5) is 48.4. The molecule has 1 aliphatic heterocycles. The number of urea groups is 1. The van der Waals surface area contributed by atoms with E-state index in [9.17, 15) is 19.2 Å². The minimum absolute atomic E-state index is 0.258. The Hall–Kier alpha value is -2.13. The van der Waals surface area contributed by atoms with Crippen LogP contribution in [-0.2, 0) is 14.3 Å². The summed E-state index contributed by atoms with van der Waals surface area (Å²) in [6.45, 7) is -0.613. The molecule has 4 amide bonds. The van der Waals surface area contributed by atoms with E-state index in [1.807, 2.05) is 0 Å². The molecule has 1 saturated carbocycles. The topological polar surface area (TPSA) is 105 Å². The highest BCUT2D eigenvalue weighted by atomic mass is 35.5. The van der Waals surface area contributed by atoms with Gasteiger partial charge in [0.2, 0.25) is 0 Å². The van der Waals surface area contributed by atoms with Crippen molar-refractivity contribution in [2.24, 2.45) is 0 Å². The first kappa shape index (κ1) is 17.7. The average molecular weight is 386 g/mol. The number of esters is 1. The summed E-state index contributed by atoms with van der Waals surface area (Å²) in [5.74, 6) is -1.94. The number of amides is 4. The van der Waals surface area contributed by atoms with Crippen molar-refractivity contribution in [2.75, 3.05) is 6.61 Å². The molecular formula is C15H16ClN3O5S. The minimum atomic E-state index is -0.924. The second-order valence-corrected chi connectivity index (χ2v) is 7.64. The second-order valence-electron chi connectivity index (χ2n) is 5.93. The minimum Gasteiger partial charge on any atom is -0.451 e. The van der Waals surface area contributed by atoms with Gasteiger partial charge in [-0.05, 0) is 25.0 Å². The van der Waals surface area contributed by atoms with Crippen LogP contribution in [0.5, 0.6) is 0 Å². The van der Waals surface area contributed by atoms with Gasteiger partial charge in [0.15, 0.2) is 6.61 Å². The van der Waals surface area contributed by atoms with Gasteiger partial charge in [0.1, 0.15) is 10.4 Å². The molecule has 10 heteroatoms. The molecule has 8 nitrogen and oxygen atoms in total. The van der Waals surface area contributed by atoms with Gasteiger partial charge in [-0.15, -0.1) is 11.3 Å². The lowest BCUT2D eigenvalue weighted by atomic mass is 9.82. The van der Waals surface area contributed by atoms with Crippen LogP contribution in [0.3, 0.4) is 0 Å². The highest BCUT2D eigenvalue weighted by molar-refractivity contribution is 7.17. The molecule has 2 heterocycles. The third-order valence-corrected chi connectivity index (χ3v) is 5.43. The van der Waals surface area contributed by atoms with Crippen molar-refractivity contribution in [3.05, 3.63) is 21.3 Å². The molecule has 3 rings (SSSR count). The summed E-state index contributed by atoms with van der Waals surface area (Å²) in [6.07, 6.45) is 3.81. The molecule has 0 unspecified atom stereocenters. The van der Waals surface area contributed by atoms with Crippen molar-refractivity contribution >= 4 is 46.8 Å². The number of hydrogen-bond donors (Lipinski definition) is 2. The number of thiophene rings is 1. The summed E-state index contributed by atoms with van der Waals surface area (Å²) in [5, 5.41) is 3.34. The molecule has 134 valence electrons. The molecule has 2 N–H and O–H groups in total. The van der Waals surface area contributed by atoms with Crippen LogP contribution < -0.4 is 10.7 Å². The SMILES string of the molecule is O=C(COC(=O)c1ccc(Cl)s1)NN1C(=O)NC2(CCCCC2)C1=O. The fourth-order valence-electron chi connectivity index (χ4n) is 3.00. The van der Waals surface area contributed by atoms with Gasteiger partial charge in [-0.25, -0.2) is 9.59 Å². The van der Waals surface area contributed by atoms with Crippen LogP contribution in [0.15, 0.2) is 12.1 Å². The molecule has 1 aromatic rings. The molecule has 0 atom stereocenters. The van der Waals surface area contributed by atoms with Gasteiger partial charge >= 0.3 is 12.0 Å². The van der Waals surface area contributed by atoms with Crippen LogP contribution in [0.4, 0.5) is 4.79 Å². The second kappa shape index (κ2) is 7.01. The lowest BCUT2D eigenvalue weighted by Gasteiger charge is -2.30. The Morgan fingerprint density at radius 3 is 2.64 bits per heavy atom. The van der Waals surface area contributed by atoms with E-state index in [0.717, 1.165) is 30.6 Å². The lowest BCUT2D eigenvalue weighted by molar-refractivity contribution is -0.140. The molecule has 2 fully saturated rings. The van der Waals surface area contributed by atoms with E-state index >= 15 is 0 Å². The lowest BCUT2D eigenvalue weighted by Crippen LogP contribution is -2.51. The van der Waals surface area contributed by atoms with Crippen LogP contribution in [-0.4, -0.2) is 41.0 Å². The zero-order valence-electron chi connectivity index (χ0n) is 13.2. The van der Waals surface area contributed by atoms with Crippen LogP contribution >= 0.6 is 22.9 Å². The van der Waals surface area contributed by atoms with Gasteiger partial charge in [0.25, 0.3) is 11.8 Å². The summed E-state index contributed by atoms with van der Waals surface area (Å²) in [5.41, 5.74) is 1.27. The third kappa shape index (κ3) is 3.62. The maximum absolute atomic E-state index is 12.5. The van der Waals surface area contributed by atoms with Gasteiger partial charge in [0.05, 0.1) is 4.34 Å². The average Bonchev–Trinajstić information content (AvgIpc) is 3.11. The maximum atomic E-state index is 12.5. The van der Waals surface area contributed by atoms with Gasteiger partial charge in [-0.1, -0.05) is 30.9 Å². The fraction of sp³-hybridized carbons (Fsp3) is 0.467. The maximum Gasteiger partial charge on any atom is 0.348 e. The molecule has 1 aliphatic carbocycles. The van der Waals surface area contributed by atoms with Gasteiger partial charge in [-0.2, -0.15) is 5.01 Å². The first-order valence-corrected chi connectivity index (χ1v) is 8.99. The van der Waals surface area contributed by atoms with Gasteiger partial charge in [0, 0.05) is 0 Å². The van der Waals surface area contributed by atoms with Crippen LogP contribution in [0, 0.1) is 0 Å². The smallest absolute Gasteiger partial charge is 0.348 e. The van der Waals surface area contributed by atoms with Crippen molar-refractivity contribution in [3.63, 3.8) is 0 Å². The van der Waals surface area contributed by atoms with E-state index < -0.39 is 36.0 Å². The molecular weight excluding hydrogens is 370 g/mol. The zero-order valence-corrected chi connectivity index (χ0v) is 14.7. The summed E-state index contributed by atoms with van der Waals surface area (Å²) >= 11 is 6.75. The Bertz CT molecular complexity index is 729. The van der Waals surface area contributed by atoms with Crippen molar-refractivity contribution in [1.29, 1.82) is 0 Å². The Labute approximate surface area is 152 Å². The number of imide groups is 1. The van der Waals surface area contributed by atoms with Crippen LogP contribution in [0.25, 0.3) is 0 Å². The number of nitrogens with one attached hydrogen (secondary N) is 2. The van der Waals surface area contributed by atoms with E-state index in [4.69, 9.17) is 16.3 Å². The first-order chi connectivity index (χ1) is 11.9. The Morgan fingerprint density at radius 2 is 2.00 bits per heavy atom. The number of carbonyl (C=O) groups excluding carboxylic acids is 4. The number of hydrazine groups is 1. The zero-order chi connectivity index (χ0) is 18.0. The predicted octanol–water partition coefficient (Wildman–Crippen LogP) is 1.84. The quantitative estimate of drug-likeness (QED) is 0.607. The molecule has 25 heavy (non-hydrogen) atoms. The Balaban J connectivity index is 1.55. The van der Waals surface area contributed by atoms with Crippen molar-refractivity contribution in [1.82, 2.24) is 15.8 Å². The van der Waals surface area contributed by atoms with Crippen molar-refractivity contribution in [3.8, 4) is 0 Å². The predicted molar refractivity (Wildman–Crippen MR) is 88.9 cm³/mol. The standard InChI is InChI=1S/C15H16ClN3O5S/c16-10-5-4-9(25-10)12(21)24-8-11(20)18-19-13(22)15(17-14(19)23)6-2-1-3-7-15/h4-5H,1-3,6-8H2,(H,17,23)(H,18,20). The van der Waals surface area contributed by atoms with Crippen LogP contribution in [0.1, 0.15) is 41.8 Å².